The lowest BCUT2D eigenvalue weighted by Crippen LogP contribution is -2.69. The Kier molecular flexibility index (Phi) is 2.75. The number of carbonyl (C=O) groups is 1. The van der Waals surface area contributed by atoms with E-state index in [4.69, 9.17) is 5.73 Å². The molecule has 1 aliphatic heterocycles. The summed E-state index contributed by atoms with van der Waals surface area (Å²) in [5.74, 6) is 0.409. The van der Waals surface area contributed by atoms with Gasteiger partial charge in [-0.25, -0.2) is 0 Å². The Morgan fingerprint density at radius 1 is 1.56 bits per heavy atom. The highest BCUT2D eigenvalue weighted by atomic mass is 16.3. The van der Waals surface area contributed by atoms with Crippen molar-refractivity contribution < 1.29 is 9.90 Å². The van der Waals surface area contributed by atoms with Gasteiger partial charge in [-0.1, -0.05) is 13.3 Å². The molecule has 0 radical (unpaired) electrons. The van der Waals surface area contributed by atoms with Crippen LogP contribution < -0.4 is 5.73 Å². The molecular formula is C12H22N2O2. The monoisotopic (exact) mass is 226 g/mol. The molecule has 0 bridgehead atoms. The molecule has 1 saturated carbocycles. The van der Waals surface area contributed by atoms with Gasteiger partial charge < -0.3 is 15.7 Å². The molecule has 3 N–H and O–H groups in total. The maximum absolute atomic E-state index is 12.1. The van der Waals surface area contributed by atoms with Crippen molar-refractivity contribution in [1.29, 1.82) is 0 Å². The van der Waals surface area contributed by atoms with Gasteiger partial charge in [0.2, 0.25) is 5.91 Å². The Morgan fingerprint density at radius 3 is 2.56 bits per heavy atom. The quantitative estimate of drug-likeness (QED) is 0.733. The minimum Gasteiger partial charge on any atom is -0.386 e. The molecule has 1 amide bonds. The summed E-state index contributed by atoms with van der Waals surface area (Å²) < 4.78 is 0. The number of hydrogen-bond acceptors (Lipinski definition) is 3. The number of aliphatic hydroxyl groups is 1. The summed E-state index contributed by atoms with van der Waals surface area (Å²) in [6, 6.07) is 0. The first-order chi connectivity index (χ1) is 7.39. The van der Waals surface area contributed by atoms with Crippen LogP contribution in [-0.4, -0.2) is 40.1 Å². The largest absolute Gasteiger partial charge is 0.386 e. The average Bonchev–Trinajstić information content (AvgIpc) is 2.94. The van der Waals surface area contributed by atoms with Crippen LogP contribution >= 0.6 is 0 Å². The second-order valence-electron chi connectivity index (χ2n) is 5.71. The molecule has 16 heavy (non-hydrogen) atoms. The molecule has 4 heteroatoms. The molecule has 2 rings (SSSR count). The smallest absolute Gasteiger partial charge is 0.242 e. The molecule has 0 aromatic rings. The molecule has 92 valence electrons. The van der Waals surface area contributed by atoms with E-state index in [1.54, 1.807) is 11.8 Å². The maximum atomic E-state index is 12.1. The highest BCUT2D eigenvalue weighted by Gasteiger charge is 2.54. The minimum atomic E-state index is -0.764. The second-order valence-corrected chi connectivity index (χ2v) is 5.71. The van der Waals surface area contributed by atoms with Crippen LogP contribution in [0, 0.1) is 5.92 Å². The molecule has 1 aliphatic carbocycles. The number of rotatable bonds is 4. The first kappa shape index (κ1) is 11.9. The lowest BCUT2D eigenvalue weighted by Gasteiger charge is -2.49. The number of nitrogens with zero attached hydrogens (tertiary/aromatic N) is 1. The van der Waals surface area contributed by atoms with Crippen LogP contribution in [0.4, 0.5) is 0 Å². The Hall–Kier alpha value is -0.610. The third-order valence-corrected chi connectivity index (χ3v) is 3.81. The molecule has 1 heterocycles. The zero-order valence-corrected chi connectivity index (χ0v) is 10.2. The number of β-amino-alcohol motifs (C(OH)–C–C–N with tert-alkyl or cyclic N) is 1. The number of likely N-dealkylation sites (tertiary alicyclic amines) is 1. The predicted octanol–water partition coefficient (Wildman–Crippen LogP) is 0.487. The highest BCUT2D eigenvalue weighted by molar-refractivity contribution is 5.86. The normalized spacial score (nSPS) is 27.1. The van der Waals surface area contributed by atoms with Crippen molar-refractivity contribution in [2.75, 3.05) is 13.1 Å². The van der Waals surface area contributed by atoms with Crippen molar-refractivity contribution in [1.82, 2.24) is 4.90 Å². The minimum absolute atomic E-state index is 0.0142. The van der Waals surface area contributed by atoms with Crippen molar-refractivity contribution in [3.63, 3.8) is 0 Å². The van der Waals surface area contributed by atoms with Crippen LogP contribution in [0.1, 0.15) is 39.5 Å². The SMILES string of the molecule is CCCC(C)(N)C(=O)N1CC(O)(C2CC2)C1. The summed E-state index contributed by atoms with van der Waals surface area (Å²) in [6.45, 7) is 4.77. The van der Waals surface area contributed by atoms with E-state index in [0.29, 0.717) is 25.4 Å². The average molecular weight is 226 g/mol. The van der Waals surface area contributed by atoms with Crippen LogP contribution in [0.5, 0.6) is 0 Å². The van der Waals surface area contributed by atoms with Gasteiger partial charge in [0.1, 0.15) is 5.60 Å². The molecule has 1 saturated heterocycles. The van der Waals surface area contributed by atoms with Gasteiger partial charge in [-0.05, 0) is 32.1 Å². The number of amides is 1. The van der Waals surface area contributed by atoms with Gasteiger partial charge in [-0.15, -0.1) is 0 Å². The Bertz CT molecular complexity index is 291. The Morgan fingerprint density at radius 2 is 2.12 bits per heavy atom. The lowest BCUT2D eigenvalue weighted by molar-refractivity contribution is -0.164. The van der Waals surface area contributed by atoms with E-state index < -0.39 is 11.1 Å². The number of carbonyl (C=O) groups excluding carboxylic acids is 1. The van der Waals surface area contributed by atoms with Crippen LogP contribution in [-0.2, 0) is 4.79 Å². The third-order valence-electron chi connectivity index (χ3n) is 3.81. The molecule has 0 spiro atoms. The van der Waals surface area contributed by atoms with Crippen molar-refractivity contribution in [2.24, 2.45) is 11.7 Å². The summed E-state index contributed by atoms with van der Waals surface area (Å²) in [7, 11) is 0. The van der Waals surface area contributed by atoms with Gasteiger partial charge in [0.15, 0.2) is 0 Å². The number of hydrogen-bond donors (Lipinski definition) is 2. The van der Waals surface area contributed by atoms with Crippen LogP contribution in [0.25, 0.3) is 0 Å². The van der Waals surface area contributed by atoms with Gasteiger partial charge in [-0.3, -0.25) is 4.79 Å². The first-order valence-electron chi connectivity index (χ1n) is 6.20. The third kappa shape index (κ3) is 1.96. The van der Waals surface area contributed by atoms with Crippen molar-refractivity contribution >= 4 is 5.91 Å². The van der Waals surface area contributed by atoms with E-state index in [1.165, 1.54) is 0 Å². The fourth-order valence-corrected chi connectivity index (χ4v) is 2.62. The van der Waals surface area contributed by atoms with E-state index in [1.807, 2.05) is 6.92 Å². The zero-order chi connectivity index (χ0) is 12.0. The summed E-state index contributed by atoms with van der Waals surface area (Å²) in [5.41, 5.74) is 4.63. The molecule has 0 aromatic heterocycles. The number of nitrogens with two attached hydrogens (primary N) is 1. The van der Waals surface area contributed by atoms with E-state index >= 15 is 0 Å². The topological polar surface area (TPSA) is 66.6 Å². The Labute approximate surface area is 96.8 Å². The second kappa shape index (κ2) is 3.70. The zero-order valence-electron chi connectivity index (χ0n) is 10.2. The fourth-order valence-electron chi connectivity index (χ4n) is 2.62. The Balaban J connectivity index is 1.89. The molecular weight excluding hydrogens is 204 g/mol. The summed E-state index contributed by atoms with van der Waals surface area (Å²) in [5, 5.41) is 10.1. The maximum Gasteiger partial charge on any atom is 0.242 e. The standard InChI is InChI=1S/C12H22N2O2/c1-3-6-11(2,13)10(15)14-7-12(16,8-14)9-4-5-9/h9,16H,3-8,13H2,1-2H3. The van der Waals surface area contributed by atoms with Crippen LogP contribution in [0.15, 0.2) is 0 Å². The first-order valence-corrected chi connectivity index (χ1v) is 6.20. The van der Waals surface area contributed by atoms with E-state index in [0.717, 1.165) is 19.3 Å². The van der Waals surface area contributed by atoms with Gasteiger partial charge >= 0.3 is 0 Å². The summed E-state index contributed by atoms with van der Waals surface area (Å²) in [4.78, 5) is 13.8. The molecule has 1 atom stereocenters. The predicted molar refractivity (Wildman–Crippen MR) is 61.8 cm³/mol. The van der Waals surface area contributed by atoms with Crippen molar-refractivity contribution in [2.45, 2.75) is 50.7 Å². The molecule has 4 nitrogen and oxygen atoms in total. The van der Waals surface area contributed by atoms with Gasteiger partial charge in [0.05, 0.1) is 18.6 Å². The summed E-state index contributed by atoms with van der Waals surface area (Å²) in [6.07, 6.45) is 3.81. The lowest BCUT2D eigenvalue weighted by atomic mass is 9.85. The molecule has 0 aromatic carbocycles. The van der Waals surface area contributed by atoms with Gasteiger partial charge in [0, 0.05) is 0 Å². The molecule has 2 aliphatic rings. The molecule has 2 fully saturated rings. The highest BCUT2D eigenvalue weighted by Crippen LogP contribution is 2.44. The van der Waals surface area contributed by atoms with Crippen molar-refractivity contribution in [3.05, 3.63) is 0 Å². The molecule has 1 unspecified atom stereocenters. The van der Waals surface area contributed by atoms with E-state index in [9.17, 15) is 9.90 Å². The fraction of sp³-hybridized carbons (Fsp3) is 0.917. The van der Waals surface area contributed by atoms with E-state index in [-0.39, 0.29) is 5.91 Å². The van der Waals surface area contributed by atoms with Crippen molar-refractivity contribution in [3.8, 4) is 0 Å². The van der Waals surface area contributed by atoms with E-state index in [2.05, 4.69) is 0 Å². The van der Waals surface area contributed by atoms with Crippen LogP contribution in [0.2, 0.25) is 0 Å². The van der Waals surface area contributed by atoms with Gasteiger partial charge in [0.25, 0.3) is 0 Å². The van der Waals surface area contributed by atoms with Gasteiger partial charge in [-0.2, -0.15) is 0 Å². The summed E-state index contributed by atoms with van der Waals surface area (Å²) >= 11 is 0. The van der Waals surface area contributed by atoms with Crippen LogP contribution in [0.3, 0.4) is 0 Å².